The number of hydrogen-bond donors (Lipinski definition) is 1. The Kier molecular flexibility index (Phi) is 6.92. The molecule has 1 aliphatic rings. The molecule has 0 aromatic heterocycles. The van der Waals surface area contributed by atoms with Crippen LogP contribution in [-0.2, 0) is 20.5 Å². The third-order valence-corrected chi connectivity index (χ3v) is 5.46. The smallest absolute Gasteiger partial charge is 0.213 e. The van der Waals surface area contributed by atoms with E-state index in [2.05, 4.69) is 13.2 Å². The van der Waals surface area contributed by atoms with Gasteiger partial charge in [-0.05, 0) is 30.2 Å². The van der Waals surface area contributed by atoms with Gasteiger partial charge in [-0.25, -0.2) is 13.6 Å². The first-order valence-electron chi connectivity index (χ1n) is 9.76. The van der Waals surface area contributed by atoms with E-state index in [0.717, 1.165) is 16.7 Å². The SMILES string of the molecule is C=CCC1Oc2ccc(OCCOC(=C)C)c(OC)c2-c2ccc(CS(N)(=O)=O)cc21. The maximum atomic E-state index is 11.6. The maximum absolute atomic E-state index is 11.6. The molecule has 2 aromatic carbocycles. The van der Waals surface area contributed by atoms with Crippen LogP contribution >= 0.6 is 0 Å². The molecule has 7 nitrogen and oxygen atoms in total. The van der Waals surface area contributed by atoms with Gasteiger partial charge in [0.25, 0.3) is 0 Å². The van der Waals surface area contributed by atoms with Crippen molar-refractivity contribution in [3.05, 3.63) is 66.5 Å². The van der Waals surface area contributed by atoms with Gasteiger partial charge >= 0.3 is 0 Å². The summed E-state index contributed by atoms with van der Waals surface area (Å²) in [7, 11) is -2.09. The topological polar surface area (TPSA) is 97.1 Å². The normalized spacial score (nSPS) is 14.6. The molecule has 1 heterocycles. The van der Waals surface area contributed by atoms with Crippen molar-refractivity contribution >= 4 is 10.0 Å². The molecule has 0 amide bonds. The van der Waals surface area contributed by atoms with Crippen LogP contribution in [0, 0.1) is 0 Å². The zero-order valence-corrected chi connectivity index (χ0v) is 18.5. The highest BCUT2D eigenvalue weighted by atomic mass is 32.2. The van der Waals surface area contributed by atoms with Crippen LogP contribution in [0.1, 0.15) is 30.6 Å². The predicted molar refractivity (Wildman–Crippen MR) is 120 cm³/mol. The fraction of sp³-hybridized carbons (Fsp3) is 0.304. The summed E-state index contributed by atoms with van der Waals surface area (Å²) in [6.07, 6.45) is 2.02. The second-order valence-electron chi connectivity index (χ2n) is 7.23. The Morgan fingerprint density at radius 2 is 2.03 bits per heavy atom. The molecule has 1 aliphatic heterocycles. The summed E-state index contributed by atoms with van der Waals surface area (Å²) in [5.74, 6) is 2.10. The Bertz CT molecular complexity index is 1090. The molecule has 3 rings (SSSR count). The highest BCUT2D eigenvalue weighted by Crippen LogP contribution is 2.51. The van der Waals surface area contributed by atoms with E-state index in [-0.39, 0.29) is 11.9 Å². The van der Waals surface area contributed by atoms with Crippen LogP contribution in [0.5, 0.6) is 17.2 Å². The molecule has 8 heteroatoms. The van der Waals surface area contributed by atoms with Crippen LogP contribution in [0.25, 0.3) is 11.1 Å². The van der Waals surface area contributed by atoms with Crippen LogP contribution in [0.15, 0.2) is 55.3 Å². The summed E-state index contributed by atoms with van der Waals surface area (Å²) in [6.45, 7) is 9.96. The van der Waals surface area contributed by atoms with Crippen LogP contribution in [0.4, 0.5) is 0 Å². The lowest BCUT2D eigenvalue weighted by Gasteiger charge is -2.30. The summed E-state index contributed by atoms with van der Waals surface area (Å²) < 4.78 is 46.2. The maximum Gasteiger partial charge on any atom is 0.213 e. The molecule has 2 N–H and O–H groups in total. The molecule has 0 saturated carbocycles. The van der Waals surface area contributed by atoms with Gasteiger partial charge in [-0.3, -0.25) is 0 Å². The highest BCUT2D eigenvalue weighted by Gasteiger charge is 2.30. The van der Waals surface area contributed by atoms with Crippen LogP contribution < -0.4 is 19.3 Å². The first kappa shape index (κ1) is 22.7. The Labute approximate surface area is 183 Å². The van der Waals surface area contributed by atoms with Gasteiger partial charge in [0.05, 0.1) is 24.2 Å². The number of ether oxygens (including phenoxy) is 4. The van der Waals surface area contributed by atoms with Gasteiger partial charge < -0.3 is 18.9 Å². The van der Waals surface area contributed by atoms with Crippen molar-refractivity contribution in [2.24, 2.45) is 5.14 Å². The standard InChI is InChI=1S/C23H27NO6S/c1-5-6-19-18-13-16(14-31(24,25)26)7-8-17(18)22-20(30-19)9-10-21(23(22)27-4)29-12-11-28-15(2)3/h5,7-10,13,19H,1-2,6,11-12,14H2,3-4H3,(H2,24,25,26). The van der Waals surface area contributed by atoms with Crippen LogP contribution in [0.3, 0.4) is 0 Å². The minimum atomic E-state index is -3.66. The van der Waals surface area contributed by atoms with Crippen molar-refractivity contribution in [1.29, 1.82) is 0 Å². The second kappa shape index (κ2) is 9.45. The minimum Gasteiger partial charge on any atom is -0.495 e. The largest absolute Gasteiger partial charge is 0.495 e. The minimum absolute atomic E-state index is 0.253. The van der Waals surface area contributed by atoms with Gasteiger partial charge in [0.1, 0.15) is 25.1 Å². The molecule has 0 bridgehead atoms. The monoisotopic (exact) mass is 445 g/mol. The fourth-order valence-electron chi connectivity index (χ4n) is 3.55. The van der Waals surface area contributed by atoms with E-state index >= 15 is 0 Å². The summed E-state index contributed by atoms with van der Waals surface area (Å²) in [5.41, 5.74) is 3.06. The number of hydrogen-bond acceptors (Lipinski definition) is 6. The van der Waals surface area contributed by atoms with Crippen molar-refractivity contribution < 1.29 is 27.4 Å². The van der Waals surface area contributed by atoms with Gasteiger partial charge in [-0.2, -0.15) is 0 Å². The number of allylic oxidation sites excluding steroid dienone is 1. The van der Waals surface area contributed by atoms with Gasteiger partial charge in [-0.15, -0.1) is 6.58 Å². The average Bonchev–Trinajstić information content (AvgIpc) is 2.70. The molecule has 0 aliphatic carbocycles. The Hall–Kier alpha value is -2.97. The number of rotatable bonds is 10. The third kappa shape index (κ3) is 5.39. The first-order chi connectivity index (χ1) is 14.7. The average molecular weight is 446 g/mol. The number of sulfonamides is 1. The third-order valence-electron chi connectivity index (χ3n) is 4.73. The number of methoxy groups -OCH3 is 1. The fourth-order valence-corrected chi connectivity index (χ4v) is 4.20. The van der Waals surface area contributed by atoms with Gasteiger partial charge in [0.15, 0.2) is 11.5 Å². The lowest BCUT2D eigenvalue weighted by Crippen LogP contribution is -2.17. The van der Waals surface area contributed by atoms with Crippen LogP contribution in [-0.4, -0.2) is 28.7 Å². The van der Waals surface area contributed by atoms with Crippen molar-refractivity contribution in [2.45, 2.75) is 25.2 Å². The van der Waals surface area contributed by atoms with Crippen LogP contribution in [0.2, 0.25) is 0 Å². The van der Waals surface area contributed by atoms with E-state index in [1.165, 1.54) is 0 Å². The predicted octanol–water partition coefficient (Wildman–Crippen LogP) is 4.09. The van der Waals surface area contributed by atoms with Crippen molar-refractivity contribution in [2.75, 3.05) is 20.3 Å². The lowest BCUT2D eigenvalue weighted by atomic mass is 9.89. The highest BCUT2D eigenvalue weighted by molar-refractivity contribution is 7.88. The molecular formula is C23H27NO6S. The zero-order chi connectivity index (χ0) is 22.6. The zero-order valence-electron chi connectivity index (χ0n) is 17.7. The summed E-state index contributed by atoms with van der Waals surface area (Å²) in [5, 5.41) is 5.23. The van der Waals surface area contributed by atoms with Gasteiger partial charge in [0.2, 0.25) is 10.0 Å². The molecule has 31 heavy (non-hydrogen) atoms. The Morgan fingerprint density at radius 3 is 2.68 bits per heavy atom. The number of primary sulfonamides is 1. The molecule has 0 spiro atoms. The lowest BCUT2D eigenvalue weighted by molar-refractivity contribution is 0.155. The van der Waals surface area contributed by atoms with E-state index in [1.807, 2.05) is 18.2 Å². The van der Waals surface area contributed by atoms with Gasteiger partial charge in [0, 0.05) is 12.0 Å². The summed E-state index contributed by atoms with van der Waals surface area (Å²) in [4.78, 5) is 0. The van der Waals surface area contributed by atoms with E-state index in [9.17, 15) is 8.42 Å². The van der Waals surface area contributed by atoms with E-state index < -0.39 is 10.0 Å². The van der Waals surface area contributed by atoms with Gasteiger partial charge in [-0.1, -0.05) is 30.9 Å². The molecule has 2 aromatic rings. The van der Waals surface area contributed by atoms with Crippen molar-refractivity contribution in [3.63, 3.8) is 0 Å². The Morgan fingerprint density at radius 1 is 1.26 bits per heavy atom. The molecule has 166 valence electrons. The molecule has 0 saturated heterocycles. The van der Waals surface area contributed by atoms with Crippen molar-refractivity contribution in [1.82, 2.24) is 0 Å². The molecule has 0 radical (unpaired) electrons. The van der Waals surface area contributed by atoms with Crippen molar-refractivity contribution in [3.8, 4) is 28.4 Å². The number of benzene rings is 2. The van der Waals surface area contributed by atoms with E-state index in [4.69, 9.17) is 24.1 Å². The molecule has 0 fully saturated rings. The Balaban J connectivity index is 2.03. The molecular weight excluding hydrogens is 418 g/mol. The van der Waals surface area contributed by atoms with E-state index in [1.54, 1.807) is 32.2 Å². The first-order valence-corrected chi connectivity index (χ1v) is 11.5. The number of fused-ring (bicyclic) bond motifs is 3. The molecule has 1 atom stereocenters. The quantitative estimate of drug-likeness (QED) is 0.336. The summed E-state index contributed by atoms with van der Waals surface area (Å²) in [6, 6.07) is 9.05. The summed E-state index contributed by atoms with van der Waals surface area (Å²) >= 11 is 0. The number of nitrogens with two attached hydrogens (primary N) is 1. The molecule has 1 unspecified atom stereocenters. The van der Waals surface area contributed by atoms with E-state index in [0.29, 0.717) is 48.2 Å². The second-order valence-corrected chi connectivity index (χ2v) is 8.84.